The maximum atomic E-state index is 13.4. The van der Waals surface area contributed by atoms with E-state index >= 15 is 0 Å². The van der Waals surface area contributed by atoms with Crippen molar-refractivity contribution in [1.82, 2.24) is 4.72 Å². The molecule has 0 bridgehead atoms. The molecule has 0 saturated carbocycles. The van der Waals surface area contributed by atoms with Crippen LogP contribution < -0.4 is 4.72 Å². The van der Waals surface area contributed by atoms with Crippen molar-refractivity contribution in [3.05, 3.63) is 33.8 Å². The summed E-state index contributed by atoms with van der Waals surface area (Å²) in [6.45, 7) is 6.50. The van der Waals surface area contributed by atoms with Crippen LogP contribution in [-0.4, -0.2) is 6.17 Å². The van der Waals surface area contributed by atoms with E-state index in [9.17, 15) is 4.39 Å². The Balaban J connectivity index is 0.000000317. The maximum Gasteiger partial charge on any atom is 0.124 e. The van der Waals surface area contributed by atoms with Gasteiger partial charge in [0.05, 0.1) is 6.04 Å². The molecule has 1 aliphatic rings. The smallest absolute Gasteiger partial charge is 0.124 e. The fourth-order valence-corrected chi connectivity index (χ4v) is 2.44. The molecule has 0 aliphatic heterocycles. The Kier molecular flexibility index (Phi) is 5.97. The van der Waals surface area contributed by atoms with Gasteiger partial charge in [-0.2, -0.15) is 0 Å². The second-order valence-electron chi connectivity index (χ2n) is 4.90. The van der Waals surface area contributed by atoms with Crippen LogP contribution in [0.5, 0.6) is 0 Å². The number of thiol groups is 1. The van der Waals surface area contributed by atoms with Crippen molar-refractivity contribution < 1.29 is 4.39 Å². The average Bonchev–Trinajstić information content (AvgIpc) is 2.51. The van der Waals surface area contributed by atoms with Gasteiger partial charge < -0.3 is 0 Å². The van der Waals surface area contributed by atoms with Gasteiger partial charge in [0.2, 0.25) is 0 Å². The topological polar surface area (TPSA) is 12.0 Å². The van der Waals surface area contributed by atoms with Crippen molar-refractivity contribution in [2.24, 2.45) is 5.92 Å². The first-order valence-corrected chi connectivity index (χ1v) is 7.01. The first-order valence-electron chi connectivity index (χ1n) is 5.77. The molecule has 96 valence electrons. The minimum Gasteiger partial charge on any atom is -0.256 e. The molecule has 0 spiro atoms. The zero-order valence-electron chi connectivity index (χ0n) is 10.4. The van der Waals surface area contributed by atoms with Crippen molar-refractivity contribution in [1.29, 1.82) is 0 Å². The van der Waals surface area contributed by atoms with Crippen LogP contribution in [0, 0.1) is 5.92 Å². The fraction of sp³-hybridized carbons (Fsp3) is 0.538. The summed E-state index contributed by atoms with van der Waals surface area (Å²) < 4.78 is 17.1. The van der Waals surface area contributed by atoms with E-state index in [1.807, 2.05) is 18.2 Å². The van der Waals surface area contributed by atoms with E-state index < -0.39 is 6.17 Å². The molecule has 2 unspecified atom stereocenters. The van der Waals surface area contributed by atoms with Crippen molar-refractivity contribution in [3.8, 4) is 0 Å². The highest BCUT2D eigenvalue weighted by Crippen LogP contribution is 2.35. The second kappa shape index (κ2) is 6.76. The first kappa shape index (κ1) is 15.0. The lowest BCUT2D eigenvalue weighted by molar-refractivity contribution is 0.294. The Morgan fingerprint density at radius 1 is 1.41 bits per heavy atom. The van der Waals surface area contributed by atoms with Crippen molar-refractivity contribution in [2.75, 3.05) is 0 Å². The predicted molar refractivity (Wildman–Crippen MR) is 78.1 cm³/mol. The molecule has 1 aromatic rings. The number of alkyl halides is 1. The summed E-state index contributed by atoms with van der Waals surface area (Å²) in [5.41, 5.74) is 2.08. The molecular weight excluding hydrogens is 301 g/mol. The minimum absolute atomic E-state index is 0.258. The normalized spacial score (nSPS) is 22.1. The molecule has 0 aromatic heterocycles. The summed E-state index contributed by atoms with van der Waals surface area (Å²) in [5.74, 6) is 0.833. The quantitative estimate of drug-likeness (QED) is 0.727. The van der Waals surface area contributed by atoms with Crippen LogP contribution in [-0.2, 0) is 6.42 Å². The summed E-state index contributed by atoms with van der Waals surface area (Å²) in [6.07, 6.45) is -0.380. The molecule has 1 N–H and O–H groups in total. The minimum atomic E-state index is -0.859. The molecule has 0 saturated heterocycles. The maximum absolute atomic E-state index is 13.4. The third-order valence-corrected chi connectivity index (χ3v) is 3.13. The van der Waals surface area contributed by atoms with Crippen LogP contribution in [0.4, 0.5) is 4.39 Å². The molecule has 0 amide bonds. The molecule has 0 heterocycles. The van der Waals surface area contributed by atoms with Crippen molar-refractivity contribution >= 4 is 28.7 Å². The summed E-state index contributed by atoms with van der Waals surface area (Å²) in [7, 11) is 0. The van der Waals surface area contributed by atoms with E-state index in [0.717, 1.165) is 21.5 Å². The van der Waals surface area contributed by atoms with E-state index in [1.54, 1.807) is 0 Å². The van der Waals surface area contributed by atoms with E-state index in [2.05, 4.69) is 54.2 Å². The van der Waals surface area contributed by atoms with Crippen LogP contribution in [0.15, 0.2) is 22.7 Å². The molecule has 1 aliphatic carbocycles. The number of rotatable bonds is 1. The number of fused-ring (bicyclic) bond motifs is 1. The van der Waals surface area contributed by atoms with Gasteiger partial charge in [-0.1, -0.05) is 55.6 Å². The summed E-state index contributed by atoms with van der Waals surface area (Å²) >= 11 is 7.29. The van der Waals surface area contributed by atoms with E-state index in [0.29, 0.717) is 6.42 Å². The lowest BCUT2D eigenvalue weighted by atomic mass is 10.1. The first-order chi connectivity index (χ1) is 7.95. The van der Waals surface area contributed by atoms with Gasteiger partial charge in [0, 0.05) is 10.9 Å². The van der Waals surface area contributed by atoms with Crippen LogP contribution in [0.2, 0.25) is 0 Å². The largest absolute Gasteiger partial charge is 0.256 e. The van der Waals surface area contributed by atoms with Gasteiger partial charge in [0.15, 0.2) is 0 Å². The Bertz CT molecular complexity index is 368. The predicted octanol–water partition coefficient (Wildman–Crippen LogP) is 4.48. The third-order valence-electron chi connectivity index (χ3n) is 2.36. The Labute approximate surface area is 117 Å². The zero-order chi connectivity index (χ0) is 13.0. The molecule has 1 aromatic carbocycles. The van der Waals surface area contributed by atoms with Gasteiger partial charge in [0.1, 0.15) is 6.17 Å². The summed E-state index contributed by atoms with van der Waals surface area (Å²) in [5, 5.41) is 0. The van der Waals surface area contributed by atoms with E-state index in [4.69, 9.17) is 0 Å². The monoisotopic (exact) mass is 319 g/mol. The van der Waals surface area contributed by atoms with E-state index in [1.165, 1.54) is 0 Å². The molecule has 1 nitrogen and oxygen atoms in total. The van der Waals surface area contributed by atoms with Crippen molar-refractivity contribution in [2.45, 2.75) is 39.4 Å². The Hall–Kier alpha value is -0.0600. The molecule has 0 radical (unpaired) electrons. The second-order valence-corrected chi connectivity index (χ2v) is 6.08. The van der Waals surface area contributed by atoms with Gasteiger partial charge in [0.25, 0.3) is 0 Å². The van der Waals surface area contributed by atoms with Gasteiger partial charge in [-0.15, -0.1) is 0 Å². The number of nitrogens with one attached hydrogen (secondary N) is 1. The SMILES string of the molecule is CC(C)C.FC1Cc2cc(Br)ccc2C1NS. The fourth-order valence-electron chi connectivity index (χ4n) is 1.73. The lowest BCUT2D eigenvalue weighted by Gasteiger charge is -2.11. The lowest BCUT2D eigenvalue weighted by Crippen LogP contribution is -2.18. The number of benzene rings is 1. The van der Waals surface area contributed by atoms with E-state index in [-0.39, 0.29) is 6.04 Å². The number of halogens is 2. The Morgan fingerprint density at radius 2 is 2.00 bits per heavy atom. The molecule has 0 fully saturated rings. The Morgan fingerprint density at radius 3 is 2.53 bits per heavy atom. The average molecular weight is 320 g/mol. The highest BCUT2D eigenvalue weighted by molar-refractivity contribution is 9.10. The van der Waals surface area contributed by atoms with Crippen LogP contribution in [0.1, 0.15) is 37.9 Å². The van der Waals surface area contributed by atoms with Gasteiger partial charge in [-0.25, -0.2) is 4.39 Å². The highest BCUT2D eigenvalue weighted by atomic mass is 79.9. The van der Waals surface area contributed by atoms with Crippen LogP contribution in [0.25, 0.3) is 0 Å². The van der Waals surface area contributed by atoms with Gasteiger partial charge in [-0.3, -0.25) is 4.72 Å². The molecule has 2 atom stereocenters. The van der Waals surface area contributed by atoms with Gasteiger partial charge >= 0.3 is 0 Å². The van der Waals surface area contributed by atoms with Crippen LogP contribution >= 0.6 is 28.7 Å². The van der Waals surface area contributed by atoms with Crippen LogP contribution in [0.3, 0.4) is 0 Å². The van der Waals surface area contributed by atoms with Crippen molar-refractivity contribution in [3.63, 3.8) is 0 Å². The number of hydrogen-bond acceptors (Lipinski definition) is 2. The summed E-state index contributed by atoms with van der Waals surface area (Å²) in [6, 6.07) is 5.57. The molecular formula is C13H19BrFNS. The molecule has 2 rings (SSSR count). The highest BCUT2D eigenvalue weighted by Gasteiger charge is 2.31. The third kappa shape index (κ3) is 4.27. The standard InChI is InChI=1S/C9H9BrFNS.C4H10/c10-6-1-2-7-5(3-6)4-8(11)9(7)12-13;1-4(2)3/h1-3,8-9,12-13H,4H2;4H,1-3H3. The molecule has 4 heteroatoms. The molecule has 17 heavy (non-hydrogen) atoms. The number of hydrogen-bond donors (Lipinski definition) is 2. The summed E-state index contributed by atoms with van der Waals surface area (Å²) in [4.78, 5) is 0. The van der Waals surface area contributed by atoms with Gasteiger partial charge in [-0.05, 0) is 29.2 Å². The zero-order valence-corrected chi connectivity index (χ0v) is 12.9.